The standard InChI is InChI=1S/C14H24N5O8P/c1-16(2)14-17(3)11-8(12(22)18(14)4)15-6-19(11)13-9(21)10(7(5-20)26-13)27-28(23,24)25/h6-7,9-10,13-14,20-21H,5H2,1-4H3,(H2,23,24,25)/t7-,9-,10-,13-,14?/m1/s1. The molecule has 0 aromatic carbocycles. The molecule has 1 aromatic heterocycles. The smallest absolute Gasteiger partial charge is 0.394 e. The Labute approximate surface area is 160 Å². The number of anilines is 1. The van der Waals surface area contributed by atoms with Gasteiger partial charge in [0.15, 0.2) is 18.2 Å². The fourth-order valence-corrected chi connectivity index (χ4v) is 4.34. The van der Waals surface area contributed by atoms with Gasteiger partial charge in [0.05, 0.1) is 12.9 Å². The summed E-state index contributed by atoms with van der Waals surface area (Å²) in [7, 11) is 2.03. The van der Waals surface area contributed by atoms with Crippen molar-refractivity contribution < 1.29 is 38.6 Å². The maximum atomic E-state index is 12.7. The molecule has 1 unspecified atom stereocenters. The predicted octanol–water partition coefficient (Wildman–Crippen LogP) is -2.02. The lowest BCUT2D eigenvalue weighted by Gasteiger charge is -2.44. The van der Waals surface area contributed by atoms with Crippen LogP contribution in [0.4, 0.5) is 5.82 Å². The number of phosphoric ester groups is 1. The number of nitrogens with zero attached hydrogens (tertiary/aromatic N) is 5. The number of aliphatic hydroxyl groups excluding tert-OH is 2. The first-order valence-corrected chi connectivity index (χ1v) is 9.92. The average molecular weight is 421 g/mol. The van der Waals surface area contributed by atoms with Crippen molar-refractivity contribution in [2.45, 2.75) is 30.8 Å². The monoisotopic (exact) mass is 421 g/mol. The zero-order valence-electron chi connectivity index (χ0n) is 15.8. The molecule has 0 bridgehead atoms. The minimum Gasteiger partial charge on any atom is -0.394 e. The SMILES string of the molecule is CN(C)C1N(C)C(=O)c2ncn([C@@H]3O[C@H](CO)[C@@H](OP(=O)(O)O)[C@H]3O)c2N1C. The Kier molecular flexibility index (Phi) is 5.55. The number of ether oxygens (including phenoxy) is 1. The van der Waals surface area contributed by atoms with Crippen molar-refractivity contribution in [3.05, 3.63) is 12.0 Å². The first-order chi connectivity index (χ1) is 13.0. The molecular formula is C14H24N5O8P. The molecule has 14 heteroatoms. The summed E-state index contributed by atoms with van der Waals surface area (Å²) in [6.07, 6.45) is -4.48. The first kappa shape index (κ1) is 21.1. The van der Waals surface area contributed by atoms with Gasteiger partial charge in [-0.1, -0.05) is 0 Å². The molecule has 0 saturated carbocycles. The van der Waals surface area contributed by atoms with Gasteiger partial charge >= 0.3 is 7.82 Å². The fraction of sp³-hybridized carbons (Fsp3) is 0.714. The van der Waals surface area contributed by atoms with E-state index in [1.807, 2.05) is 0 Å². The number of carbonyl (C=O) groups excluding carboxylic acids is 1. The molecule has 3 rings (SSSR count). The lowest BCUT2D eigenvalue weighted by Crippen LogP contribution is -2.59. The minimum absolute atomic E-state index is 0.138. The minimum atomic E-state index is -4.94. The van der Waals surface area contributed by atoms with Crippen molar-refractivity contribution in [1.29, 1.82) is 0 Å². The highest BCUT2D eigenvalue weighted by Crippen LogP contribution is 2.45. The first-order valence-electron chi connectivity index (χ1n) is 8.39. The van der Waals surface area contributed by atoms with Gasteiger partial charge in [0.25, 0.3) is 5.91 Å². The van der Waals surface area contributed by atoms with E-state index in [-0.39, 0.29) is 11.6 Å². The van der Waals surface area contributed by atoms with Gasteiger partial charge in [0, 0.05) is 14.1 Å². The predicted molar refractivity (Wildman–Crippen MR) is 94.1 cm³/mol. The molecule has 0 spiro atoms. The Morgan fingerprint density at radius 1 is 1.32 bits per heavy atom. The molecule has 1 fully saturated rings. The molecule has 0 aliphatic carbocycles. The van der Waals surface area contributed by atoms with Crippen LogP contribution >= 0.6 is 7.82 Å². The number of rotatable bonds is 5. The van der Waals surface area contributed by atoms with Crippen molar-refractivity contribution in [2.24, 2.45) is 0 Å². The van der Waals surface area contributed by atoms with E-state index in [1.165, 1.54) is 15.8 Å². The van der Waals surface area contributed by atoms with E-state index in [0.717, 1.165) is 0 Å². The zero-order chi connectivity index (χ0) is 21.0. The number of imidazole rings is 1. The third-order valence-electron chi connectivity index (χ3n) is 4.80. The molecule has 2 aliphatic heterocycles. The quantitative estimate of drug-likeness (QED) is 0.388. The van der Waals surface area contributed by atoms with E-state index in [2.05, 4.69) is 9.51 Å². The van der Waals surface area contributed by atoms with Crippen LogP contribution in [0.2, 0.25) is 0 Å². The third kappa shape index (κ3) is 3.44. The summed E-state index contributed by atoms with van der Waals surface area (Å²) in [6, 6.07) is 0. The largest absolute Gasteiger partial charge is 0.470 e. The molecule has 5 atom stereocenters. The number of hydrogen-bond donors (Lipinski definition) is 4. The molecule has 28 heavy (non-hydrogen) atoms. The molecule has 3 heterocycles. The molecule has 4 N–H and O–H groups in total. The van der Waals surface area contributed by atoms with Crippen LogP contribution in [0.5, 0.6) is 0 Å². The van der Waals surface area contributed by atoms with Crippen molar-refractivity contribution in [1.82, 2.24) is 19.4 Å². The van der Waals surface area contributed by atoms with Crippen LogP contribution in [0.15, 0.2) is 6.33 Å². The average Bonchev–Trinajstić information content (AvgIpc) is 3.14. The number of hydrogen-bond acceptors (Lipinski definition) is 9. The normalized spacial score (nSPS) is 31.0. The maximum Gasteiger partial charge on any atom is 0.470 e. The van der Waals surface area contributed by atoms with Gasteiger partial charge in [-0.25, -0.2) is 9.55 Å². The Hall–Kier alpha value is -1.57. The van der Waals surface area contributed by atoms with Gasteiger partial charge in [0.1, 0.15) is 24.1 Å². The number of aromatic nitrogens is 2. The topological polar surface area (TPSA) is 161 Å². The summed E-state index contributed by atoms with van der Waals surface area (Å²) >= 11 is 0. The van der Waals surface area contributed by atoms with Gasteiger partial charge < -0.3 is 34.5 Å². The fourth-order valence-electron chi connectivity index (χ4n) is 3.76. The Bertz CT molecular complexity index is 797. The second-order valence-corrected chi connectivity index (χ2v) is 8.15. The van der Waals surface area contributed by atoms with Crippen LogP contribution < -0.4 is 4.90 Å². The number of phosphoric acid groups is 1. The van der Waals surface area contributed by atoms with E-state index < -0.39 is 45.3 Å². The summed E-state index contributed by atoms with van der Waals surface area (Å²) in [5, 5.41) is 20.1. The molecule has 1 saturated heterocycles. The molecule has 1 aromatic rings. The second-order valence-electron chi connectivity index (χ2n) is 6.96. The van der Waals surface area contributed by atoms with E-state index in [9.17, 15) is 19.6 Å². The lowest BCUT2D eigenvalue weighted by molar-refractivity contribution is -0.0525. The van der Waals surface area contributed by atoms with Crippen LogP contribution in [0.3, 0.4) is 0 Å². The Balaban J connectivity index is 2.00. The van der Waals surface area contributed by atoms with Crippen molar-refractivity contribution >= 4 is 19.5 Å². The van der Waals surface area contributed by atoms with Gasteiger partial charge in [-0.15, -0.1) is 0 Å². The number of aliphatic hydroxyl groups is 2. The van der Waals surface area contributed by atoms with E-state index in [0.29, 0.717) is 5.82 Å². The molecule has 0 radical (unpaired) electrons. The van der Waals surface area contributed by atoms with Crippen LogP contribution in [0.1, 0.15) is 16.7 Å². The van der Waals surface area contributed by atoms with Gasteiger partial charge in [-0.05, 0) is 14.1 Å². The molecular weight excluding hydrogens is 397 g/mol. The highest BCUT2D eigenvalue weighted by molar-refractivity contribution is 7.46. The summed E-state index contributed by atoms with van der Waals surface area (Å²) in [6.45, 7) is -0.632. The highest BCUT2D eigenvalue weighted by Gasteiger charge is 2.50. The Morgan fingerprint density at radius 3 is 2.50 bits per heavy atom. The zero-order valence-corrected chi connectivity index (χ0v) is 16.7. The number of carbonyl (C=O) groups is 1. The molecule has 2 aliphatic rings. The van der Waals surface area contributed by atoms with Gasteiger partial charge in [0.2, 0.25) is 0 Å². The Morgan fingerprint density at radius 2 is 1.96 bits per heavy atom. The second kappa shape index (κ2) is 7.35. The van der Waals surface area contributed by atoms with Crippen molar-refractivity contribution in [3.63, 3.8) is 0 Å². The maximum absolute atomic E-state index is 12.7. The summed E-state index contributed by atoms with van der Waals surface area (Å²) in [5.74, 6) is 0.0270. The summed E-state index contributed by atoms with van der Waals surface area (Å²) < 4.78 is 22.8. The van der Waals surface area contributed by atoms with E-state index in [1.54, 1.807) is 38.0 Å². The third-order valence-corrected chi connectivity index (χ3v) is 5.32. The van der Waals surface area contributed by atoms with E-state index >= 15 is 0 Å². The van der Waals surface area contributed by atoms with Crippen LogP contribution in [-0.2, 0) is 13.8 Å². The van der Waals surface area contributed by atoms with Crippen molar-refractivity contribution in [2.75, 3.05) is 39.7 Å². The van der Waals surface area contributed by atoms with Crippen LogP contribution in [0.25, 0.3) is 0 Å². The van der Waals surface area contributed by atoms with Crippen molar-refractivity contribution in [3.8, 4) is 0 Å². The molecule has 13 nitrogen and oxygen atoms in total. The highest BCUT2D eigenvalue weighted by atomic mass is 31.2. The molecule has 158 valence electrons. The summed E-state index contributed by atoms with van der Waals surface area (Å²) in [5.41, 5.74) is 0.138. The summed E-state index contributed by atoms with van der Waals surface area (Å²) in [4.78, 5) is 40.0. The van der Waals surface area contributed by atoms with Crippen LogP contribution in [-0.4, -0.2) is 105 Å². The lowest BCUT2D eigenvalue weighted by atomic mass is 10.1. The number of fused-ring (bicyclic) bond motifs is 1. The van der Waals surface area contributed by atoms with Gasteiger partial charge in [-0.2, -0.15) is 0 Å². The van der Waals surface area contributed by atoms with Crippen LogP contribution in [0, 0.1) is 0 Å². The molecule has 1 amide bonds. The van der Waals surface area contributed by atoms with E-state index in [4.69, 9.17) is 14.5 Å². The van der Waals surface area contributed by atoms with Gasteiger partial charge in [-0.3, -0.25) is 18.8 Å². The number of amides is 1.